The van der Waals surface area contributed by atoms with Gasteiger partial charge in [0.1, 0.15) is 0 Å². The Morgan fingerprint density at radius 3 is 2.93 bits per heavy atom. The van der Waals surface area contributed by atoms with Gasteiger partial charge in [0.2, 0.25) is 0 Å². The van der Waals surface area contributed by atoms with Crippen molar-refractivity contribution in [3.05, 3.63) is 40.9 Å². The highest BCUT2D eigenvalue weighted by Gasteiger charge is 2.03. The molecular weight excluding hydrogens is 224 g/mol. The molecule has 2 aromatic rings. The van der Waals surface area contributed by atoms with Crippen LogP contribution in [0.25, 0.3) is 0 Å². The van der Waals surface area contributed by atoms with Crippen molar-refractivity contribution >= 4 is 23.1 Å². The van der Waals surface area contributed by atoms with E-state index >= 15 is 0 Å². The third-order valence-corrected chi connectivity index (χ3v) is 3.97. The Labute approximate surface area is 96.6 Å². The van der Waals surface area contributed by atoms with E-state index in [1.54, 1.807) is 29.3 Å². The first-order valence-electron chi connectivity index (χ1n) is 4.37. The van der Waals surface area contributed by atoms with Crippen molar-refractivity contribution in [2.24, 2.45) is 0 Å². The molecule has 1 aromatic carbocycles. The predicted octanol–water partition coefficient (Wildman–Crippen LogP) is 3.47. The van der Waals surface area contributed by atoms with E-state index < -0.39 is 0 Å². The fourth-order valence-electron chi connectivity index (χ4n) is 1.19. The average molecular weight is 232 g/mol. The molecule has 0 aliphatic heterocycles. The molecule has 0 aliphatic carbocycles. The Bertz CT molecular complexity index is 498. The second-order valence-electron chi connectivity index (χ2n) is 2.99. The summed E-state index contributed by atoms with van der Waals surface area (Å²) < 4.78 is 1.03. The zero-order chi connectivity index (χ0) is 10.7. The van der Waals surface area contributed by atoms with E-state index in [1.165, 1.54) is 0 Å². The van der Waals surface area contributed by atoms with Crippen LogP contribution in [-0.4, -0.2) is 4.98 Å². The minimum absolute atomic E-state index is 0.705. The largest absolute Gasteiger partial charge is 0.238 e. The quantitative estimate of drug-likeness (QED) is 0.795. The number of benzene rings is 1. The van der Waals surface area contributed by atoms with Crippen LogP contribution in [0, 0.1) is 18.3 Å². The molecule has 1 aromatic heterocycles. The summed E-state index contributed by atoms with van der Waals surface area (Å²) in [5.41, 5.74) is 1.82. The van der Waals surface area contributed by atoms with Crippen LogP contribution >= 0.6 is 23.1 Å². The van der Waals surface area contributed by atoms with Gasteiger partial charge in [0.15, 0.2) is 4.34 Å². The van der Waals surface area contributed by atoms with Crippen LogP contribution in [0.5, 0.6) is 0 Å². The van der Waals surface area contributed by atoms with E-state index in [0.717, 1.165) is 14.8 Å². The summed E-state index contributed by atoms with van der Waals surface area (Å²) in [6.07, 6.45) is 1.80. The lowest BCUT2D eigenvalue weighted by Gasteiger charge is -2.02. The molecule has 0 unspecified atom stereocenters. The monoisotopic (exact) mass is 232 g/mol. The number of nitriles is 1. The first-order valence-corrected chi connectivity index (χ1v) is 6.07. The fraction of sp³-hybridized carbons (Fsp3) is 0.0909. The van der Waals surface area contributed by atoms with Gasteiger partial charge in [-0.05, 0) is 30.7 Å². The second-order valence-corrected chi connectivity index (χ2v) is 5.18. The molecule has 0 saturated heterocycles. The van der Waals surface area contributed by atoms with E-state index in [1.807, 2.05) is 30.5 Å². The zero-order valence-corrected chi connectivity index (χ0v) is 9.73. The van der Waals surface area contributed by atoms with Crippen LogP contribution in [0.4, 0.5) is 0 Å². The molecule has 0 radical (unpaired) electrons. The van der Waals surface area contributed by atoms with E-state index in [4.69, 9.17) is 5.26 Å². The van der Waals surface area contributed by atoms with E-state index in [0.29, 0.717) is 5.56 Å². The minimum atomic E-state index is 0.705. The molecule has 0 atom stereocenters. The number of rotatable bonds is 2. The number of thiazole rings is 1. The molecule has 0 spiro atoms. The maximum atomic E-state index is 8.74. The fourth-order valence-corrected chi connectivity index (χ4v) is 2.83. The molecule has 0 amide bonds. The molecule has 0 bridgehead atoms. The van der Waals surface area contributed by atoms with Crippen LogP contribution in [-0.2, 0) is 0 Å². The van der Waals surface area contributed by atoms with Gasteiger partial charge in [-0.25, -0.2) is 4.98 Å². The highest BCUT2D eigenvalue weighted by molar-refractivity contribution is 8.01. The first-order chi connectivity index (χ1) is 7.29. The van der Waals surface area contributed by atoms with Gasteiger partial charge >= 0.3 is 0 Å². The van der Waals surface area contributed by atoms with Crippen molar-refractivity contribution in [3.63, 3.8) is 0 Å². The molecule has 0 saturated carbocycles. The summed E-state index contributed by atoms with van der Waals surface area (Å²) in [5, 5.41) is 10.7. The Kier molecular flexibility index (Phi) is 3.05. The van der Waals surface area contributed by atoms with Gasteiger partial charge in [0, 0.05) is 16.5 Å². The summed E-state index contributed by atoms with van der Waals surface area (Å²) in [4.78, 5) is 5.37. The normalized spacial score (nSPS) is 9.87. The Balaban J connectivity index is 2.27. The predicted molar refractivity (Wildman–Crippen MR) is 62.1 cm³/mol. The van der Waals surface area contributed by atoms with Gasteiger partial charge in [-0.15, -0.1) is 11.3 Å². The maximum Gasteiger partial charge on any atom is 0.154 e. The molecule has 1 heterocycles. The van der Waals surface area contributed by atoms with Crippen LogP contribution in [0.15, 0.2) is 39.0 Å². The van der Waals surface area contributed by atoms with Crippen molar-refractivity contribution in [1.29, 1.82) is 5.26 Å². The summed E-state index contributed by atoms with van der Waals surface area (Å²) in [6, 6.07) is 7.84. The summed E-state index contributed by atoms with van der Waals surface area (Å²) in [5.74, 6) is 0. The summed E-state index contributed by atoms with van der Waals surface area (Å²) in [6.45, 7) is 2.01. The lowest BCUT2D eigenvalue weighted by molar-refractivity contribution is 1.23. The molecule has 0 N–H and O–H groups in total. The zero-order valence-electron chi connectivity index (χ0n) is 8.10. The summed E-state index contributed by atoms with van der Waals surface area (Å²) in [7, 11) is 0. The van der Waals surface area contributed by atoms with Gasteiger partial charge in [0.05, 0.1) is 11.6 Å². The van der Waals surface area contributed by atoms with Crippen molar-refractivity contribution < 1.29 is 0 Å². The first kappa shape index (κ1) is 10.2. The van der Waals surface area contributed by atoms with E-state index in [-0.39, 0.29) is 0 Å². The van der Waals surface area contributed by atoms with Crippen LogP contribution < -0.4 is 0 Å². The van der Waals surface area contributed by atoms with Gasteiger partial charge in [-0.1, -0.05) is 11.8 Å². The molecule has 4 heteroatoms. The average Bonchev–Trinajstić information content (AvgIpc) is 2.74. The Morgan fingerprint density at radius 1 is 1.47 bits per heavy atom. The lowest BCUT2D eigenvalue weighted by Crippen LogP contribution is -1.82. The van der Waals surface area contributed by atoms with Crippen LogP contribution in [0.1, 0.15) is 11.1 Å². The van der Waals surface area contributed by atoms with Crippen LogP contribution in [0.2, 0.25) is 0 Å². The van der Waals surface area contributed by atoms with Gasteiger partial charge in [-0.2, -0.15) is 5.26 Å². The number of aromatic nitrogens is 1. The number of nitrogens with zero attached hydrogens (tertiary/aromatic N) is 2. The highest BCUT2D eigenvalue weighted by atomic mass is 32.2. The van der Waals surface area contributed by atoms with Crippen molar-refractivity contribution in [3.8, 4) is 6.07 Å². The van der Waals surface area contributed by atoms with Crippen molar-refractivity contribution in [2.75, 3.05) is 0 Å². The number of hydrogen-bond acceptors (Lipinski definition) is 4. The topological polar surface area (TPSA) is 36.7 Å². The Morgan fingerprint density at radius 2 is 2.33 bits per heavy atom. The molecule has 74 valence electrons. The van der Waals surface area contributed by atoms with Crippen molar-refractivity contribution in [2.45, 2.75) is 16.2 Å². The summed E-state index contributed by atoms with van der Waals surface area (Å²) >= 11 is 3.26. The van der Waals surface area contributed by atoms with Gasteiger partial charge in [-0.3, -0.25) is 0 Å². The van der Waals surface area contributed by atoms with Crippen molar-refractivity contribution in [1.82, 2.24) is 4.98 Å². The Hall–Kier alpha value is -1.31. The SMILES string of the molecule is Cc1cc(C#N)ccc1Sc1nccs1. The third kappa shape index (κ3) is 2.38. The molecule has 2 rings (SSSR count). The maximum absolute atomic E-state index is 8.74. The van der Waals surface area contributed by atoms with E-state index in [2.05, 4.69) is 11.1 Å². The molecule has 0 fully saturated rings. The molecule has 15 heavy (non-hydrogen) atoms. The van der Waals surface area contributed by atoms with Gasteiger partial charge < -0.3 is 0 Å². The van der Waals surface area contributed by atoms with Gasteiger partial charge in [0.25, 0.3) is 0 Å². The highest BCUT2D eigenvalue weighted by Crippen LogP contribution is 2.31. The second kappa shape index (κ2) is 4.47. The molecular formula is C11H8N2S2. The minimum Gasteiger partial charge on any atom is -0.238 e. The van der Waals surface area contributed by atoms with Crippen LogP contribution in [0.3, 0.4) is 0 Å². The third-order valence-electron chi connectivity index (χ3n) is 1.91. The number of aryl methyl sites for hydroxylation is 1. The molecule has 2 nitrogen and oxygen atoms in total. The lowest BCUT2D eigenvalue weighted by atomic mass is 10.2. The smallest absolute Gasteiger partial charge is 0.154 e. The van der Waals surface area contributed by atoms with E-state index in [9.17, 15) is 0 Å². The number of hydrogen-bond donors (Lipinski definition) is 0. The standard InChI is InChI=1S/C11H8N2S2/c1-8-6-9(7-12)2-3-10(8)15-11-13-4-5-14-11/h2-6H,1H3. The molecule has 0 aliphatic rings.